The Morgan fingerprint density at radius 2 is 2.17 bits per heavy atom. The molecular weight excluding hydrogens is 286 g/mol. The van der Waals surface area contributed by atoms with Crippen molar-refractivity contribution >= 4 is 12.0 Å². The maximum Gasteiger partial charge on any atom is 0.264 e. The van der Waals surface area contributed by atoms with Gasteiger partial charge in [-0.2, -0.15) is 5.26 Å². The average molecular weight is 313 g/mol. The number of likely N-dealkylation sites (tertiary alicyclic amines) is 1. The second-order valence-corrected chi connectivity index (χ2v) is 6.49. The number of hydrogen-bond donors (Lipinski definition) is 0. The molecule has 0 aromatic carbocycles. The van der Waals surface area contributed by atoms with Gasteiger partial charge in [-0.15, -0.1) is 0 Å². The Hall–Kier alpha value is -2.02. The summed E-state index contributed by atoms with van der Waals surface area (Å²) in [5.41, 5.74) is 3.52. The molecule has 1 amide bonds. The van der Waals surface area contributed by atoms with Crippen molar-refractivity contribution in [2.24, 2.45) is 0 Å². The molecule has 0 saturated carbocycles. The van der Waals surface area contributed by atoms with Crippen LogP contribution in [0.3, 0.4) is 0 Å². The molecule has 124 valence electrons. The molecule has 0 N–H and O–H groups in total. The molecule has 2 rings (SSSR count). The van der Waals surface area contributed by atoms with Gasteiger partial charge in [0, 0.05) is 30.5 Å². The van der Waals surface area contributed by atoms with Crippen LogP contribution in [-0.4, -0.2) is 28.0 Å². The summed E-state index contributed by atoms with van der Waals surface area (Å²) in [6, 6.07) is 4.40. The number of carbonyl (C=O) groups is 1. The maximum atomic E-state index is 12.7. The fourth-order valence-electron chi connectivity index (χ4n) is 3.39. The van der Waals surface area contributed by atoms with Gasteiger partial charge < -0.3 is 9.47 Å². The zero-order valence-electron chi connectivity index (χ0n) is 14.7. The Bertz CT molecular complexity index is 648. The molecule has 1 aliphatic rings. The number of rotatable bonds is 4. The predicted molar refractivity (Wildman–Crippen MR) is 92.8 cm³/mol. The Kier molecular flexibility index (Phi) is 5.65. The van der Waals surface area contributed by atoms with Gasteiger partial charge in [0.05, 0.1) is 0 Å². The van der Waals surface area contributed by atoms with Crippen molar-refractivity contribution in [2.75, 3.05) is 6.54 Å². The van der Waals surface area contributed by atoms with Crippen molar-refractivity contribution in [3.63, 3.8) is 0 Å². The Morgan fingerprint density at radius 1 is 1.43 bits per heavy atom. The largest absolute Gasteiger partial charge is 0.349 e. The van der Waals surface area contributed by atoms with E-state index in [0.717, 1.165) is 50.0 Å². The van der Waals surface area contributed by atoms with E-state index in [-0.39, 0.29) is 17.5 Å². The fourth-order valence-corrected chi connectivity index (χ4v) is 3.39. The molecule has 1 aromatic heterocycles. The molecule has 2 heterocycles. The molecule has 1 aromatic rings. The van der Waals surface area contributed by atoms with E-state index in [4.69, 9.17) is 0 Å². The van der Waals surface area contributed by atoms with Crippen molar-refractivity contribution in [2.45, 2.75) is 66.0 Å². The quantitative estimate of drug-likeness (QED) is 0.626. The average Bonchev–Trinajstić information content (AvgIpc) is 2.80. The second-order valence-electron chi connectivity index (χ2n) is 6.49. The van der Waals surface area contributed by atoms with Gasteiger partial charge in [0.15, 0.2) is 0 Å². The van der Waals surface area contributed by atoms with Gasteiger partial charge in [-0.05, 0) is 64.2 Å². The van der Waals surface area contributed by atoms with E-state index < -0.39 is 0 Å². The molecule has 0 radical (unpaired) electrons. The van der Waals surface area contributed by atoms with Gasteiger partial charge in [0.2, 0.25) is 0 Å². The van der Waals surface area contributed by atoms with Crippen LogP contribution in [0.5, 0.6) is 0 Å². The maximum absolute atomic E-state index is 12.7. The van der Waals surface area contributed by atoms with Crippen molar-refractivity contribution in [1.29, 1.82) is 5.26 Å². The summed E-state index contributed by atoms with van der Waals surface area (Å²) in [6.07, 6.45) is 6.04. The molecule has 0 bridgehead atoms. The molecule has 1 atom stereocenters. The fraction of sp³-hybridized carbons (Fsp3) is 0.579. The van der Waals surface area contributed by atoms with Crippen LogP contribution in [0.25, 0.3) is 6.08 Å². The summed E-state index contributed by atoms with van der Waals surface area (Å²) < 4.78 is 2.24. The standard InChI is InChI=1S/C19H27N3O/c1-5-9-21-15(3)11-17(16(21)4)12-18(13-20)19(23)22-10-7-6-8-14(22)2/h11-12,14H,5-10H2,1-4H3/b18-12-. The summed E-state index contributed by atoms with van der Waals surface area (Å²) in [6.45, 7) is 10.1. The van der Waals surface area contributed by atoms with Crippen molar-refractivity contribution < 1.29 is 4.79 Å². The normalized spacial score (nSPS) is 18.8. The SMILES string of the molecule is CCCn1c(C)cc(/C=C(/C#N)C(=O)N2CCCCC2C)c1C. The highest BCUT2D eigenvalue weighted by Gasteiger charge is 2.26. The number of piperidine rings is 1. The van der Waals surface area contributed by atoms with Crippen LogP contribution in [0, 0.1) is 25.2 Å². The lowest BCUT2D eigenvalue weighted by molar-refractivity contribution is -0.129. The van der Waals surface area contributed by atoms with Crippen LogP contribution >= 0.6 is 0 Å². The van der Waals surface area contributed by atoms with Gasteiger partial charge in [0.25, 0.3) is 5.91 Å². The summed E-state index contributed by atoms with van der Waals surface area (Å²) in [5.74, 6) is -0.125. The molecule has 4 nitrogen and oxygen atoms in total. The topological polar surface area (TPSA) is 49.0 Å². The number of nitriles is 1. The molecule has 1 saturated heterocycles. The van der Waals surface area contributed by atoms with E-state index in [1.165, 1.54) is 5.69 Å². The number of hydrogen-bond acceptors (Lipinski definition) is 2. The molecule has 23 heavy (non-hydrogen) atoms. The van der Waals surface area contributed by atoms with Gasteiger partial charge in [-0.1, -0.05) is 6.92 Å². The Balaban J connectivity index is 2.30. The zero-order valence-corrected chi connectivity index (χ0v) is 14.7. The van der Waals surface area contributed by atoms with E-state index in [1.807, 2.05) is 4.90 Å². The molecule has 1 fully saturated rings. The summed E-state index contributed by atoms with van der Waals surface area (Å²) in [4.78, 5) is 14.6. The predicted octanol–water partition coefficient (Wildman–Crippen LogP) is 3.82. The highest BCUT2D eigenvalue weighted by atomic mass is 16.2. The third-order valence-electron chi connectivity index (χ3n) is 4.77. The first kappa shape index (κ1) is 17.3. The summed E-state index contributed by atoms with van der Waals surface area (Å²) >= 11 is 0. The molecular formula is C19H27N3O. The zero-order chi connectivity index (χ0) is 17.0. The van der Waals surface area contributed by atoms with E-state index in [9.17, 15) is 10.1 Å². The molecule has 4 heteroatoms. The van der Waals surface area contributed by atoms with Crippen LogP contribution in [-0.2, 0) is 11.3 Å². The molecule has 0 aliphatic carbocycles. The van der Waals surface area contributed by atoms with E-state index in [2.05, 4.69) is 44.4 Å². The number of nitrogens with zero attached hydrogens (tertiary/aromatic N) is 3. The van der Waals surface area contributed by atoms with Gasteiger partial charge in [0.1, 0.15) is 11.6 Å². The van der Waals surface area contributed by atoms with E-state index in [0.29, 0.717) is 0 Å². The highest BCUT2D eigenvalue weighted by molar-refractivity contribution is 6.02. The third kappa shape index (κ3) is 3.67. The first-order valence-electron chi connectivity index (χ1n) is 8.59. The number of aromatic nitrogens is 1. The lowest BCUT2D eigenvalue weighted by atomic mass is 10.0. The monoisotopic (exact) mass is 313 g/mol. The van der Waals surface area contributed by atoms with Crippen LogP contribution in [0.4, 0.5) is 0 Å². The minimum absolute atomic E-state index is 0.125. The summed E-state index contributed by atoms with van der Waals surface area (Å²) in [7, 11) is 0. The van der Waals surface area contributed by atoms with Crippen molar-refractivity contribution in [3.05, 3.63) is 28.6 Å². The number of aryl methyl sites for hydroxylation is 1. The van der Waals surface area contributed by atoms with Gasteiger partial charge in [-0.25, -0.2) is 0 Å². The third-order valence-corrected chi connectivity index (χ3v) is 4.77. The number of carbonyl (C=O) groups excluding carboxylic acids is 1. The first-order chi connectivity index (χ1) is 11.0. The smallest absolute Gasteiger partial charge is 0.264 e. The van der Waals surface area contributed by atoms with Gasteiger partial charge >= 0.3 is 0 Å². The lowest BCUT2D eigenvalue weighted by Crippen LogP contribution is -2.42. The van der Waals surface area contributed by atoms with Crippen LogP contribution < -0.4 is 0 Å². The number of amides is 1. The van der Waals surface area contributed by atoms with E-state index in [1.54, 1.807) is 6.08 Å². The molecule has 1 aliphatic heterocycles. The molecule has 0 spiro atoms. The summed E-state index contributed by atoms with van der Waals surface area (Å²) in [5, 5.41) is 9.47. The van der Waals surface area contributed by atoms with Crippen LogP contribution in [0.2, 0.25) is 0 Å². The first-order valence-corrected chi connectivity index (χ1v) is 8.59. The second kappa shape index (κ2) is 7.50. The highest BCUT2D eigenvalue weighted by Crippen LogP contribution is 2.22. The van der Waals surface area contributed by atoms with Crippen molar-refractivity contribution in [3.8, 4) is 6.07 Å². The van der Waals surface area contributed by atoms with E-state index >= 15 is 0 Å². The van der Waals surface area contributed by atoms with Crippen molar-refractivity contribution in [1.82, 2.24) is 9.47 Å². The Morgan fingerprint density at radius 3 is 2.78 bits per heavy atom. The van der Waals surface area contributed by atoms with Crippen LogP contribution in [0.15, 0.2) is 11.6 Å². The van der Waals surface area contributed by atoms with Gasteiger partial charge in [-0.3, -0.25) is 4.79 Å². The van der Waals surface area contributed by atoms with Crippen LogP contribution in [0.1, 0.15) is 56.5 Å². The lowest BCUT2D eigenvalue weighted by Gasteiger charge is -2.33. The molecule has 1 unspecified atom stereocenters. The minimum atomic E-state index is -0.125. The Labute approximate surface area is 139 Å². The minimum Gasteiger partial charge on any atom is -0.349 e.